The van der Waals surface area contributed by atoms with Crippen molar-refractivity contribution in [1.82, 2.24) is 10.3 Å². The molecule has 0 radical (unpaired) electrons. The first-order valence-electron chi connectivity index (χ1n) is 4.54. The van der Waals surface area contributed by atoms with Crippen LogP contribution >= 0.6 is 0 Å². The molecule has 1 N–H and O–H groups in total. The van der Waals surface area contributed by atoms with Crippen molar-refractivity contribution >= 4 is 0 Å². The Morgan fingerprint density at radius 1 is 1.62 bits per heavy atom. The molecule has 2 unspecified atom stereocenters. The van der Waals surface area contributed by atoms with Crippen LogP contribution in [0.1, 0.15) is 19.5 Å². The fraction of sp³-hybridized carbons (Fsp3) is 0.500. The van der Waals surface area contributed by atoms with E-state index in [4.69, 9.17) is 4.74 Å². The van der Waals surface area contributed by atoms with Crippen LogP contribution in [-0.4, -0.2) is 17.6 Å². The van der Waals surface area contributed by atoms with Gasteiger partial charge in [-0.1, -0.05) is 6.07 Å². The van der Waals surface area contributed by atoms with E-state index in [1.165, 1.54) is 0 Å². The van der Waals surface area contributed by atoms with Crippen LogP contribution in [0.4, 0.5) is 0 Å². The van der Waals surface area contributed by atoms with E-state index in [0.29, 0.717) is 6.04 Å². The van der Waals surface area contributed by atoms with Crippen molar-refractivity contribution in [3.05, 3.63) is 30.1 Å². The summed E-state index contributed by atoms with van der Waals surface area (Å²) in [6.07, 6.45) is 1.79. The van der Waals surface area contributed by atoms with E-state index in [9.17, 15) is 0 Å². The standard InChI is InChI=1S/C10H14N2O/c1-8-7-13-10(2,12-8)9-5-3-4-6-11-9/h3-6,8,12H,7H2,1-2H3. The van der Waals surface area contributed by atoms with E-state index in [2.05, 4.69) is 17.2 Å². The number of pyridine rings is 1. The first-order valence-corrected chi connectivity index (χ1v) is 4.54. The Hall–Kier alpha value is -0.930. The number of hydrogen-bond acceptors (Lipinski definition) is 3. The van der Waals surface area contributed by atoms with Crippen molar-refractivity contribution in [2.45, 2.75) is 25.6 Å². The smallest absolute Gasteiger partial charge is 0.159 e. The highest BCUT2D eigenvalue weighted by Crippen LogP contribution is 2.25. The van der Waals surface area contributed by atoms with Crippen LogP contribution in [0.25, 0.3) is 0 Å². The molecule has 0 aliphatic carbocycles. The molecule has 1 aromatic heterocycles. The predicted octanol–water partition coefficient (Wildman–Crippen LogP) is 1.26. The van der Waals surface area contributed by atoms with Gasteiger partial charge >= 0.3 is 0 Å². The first kappa shape index (κ1) is 8.66. The molecule has 70 valence electrons. The number of hydrogen-bond donors (Lipinski definition) is 1. The third-order valence-electron chi connectivity index (χ3n) is 2.30. The van der Waals surface area contributed by atoms with Crippen LogP contribution in [0, 0.1) is 0 Å². The average Bonchev–Trinajstić information content (AvgIpc) is 2.49. The molecule has 1 fully saturated rings. The van der Waals surface area contributed by atoms with Crippen molar-refractivity contribution < 1.29 is 4.74 Å². The van der Waals surface area contributed by atoms with Gasteiger partial charge in [-0.2, -0.15) is 0 Å². The third-order valence-corrected chi connectivity index (χ3v) is 2.30. The van der Waals surface area contributed by atoms with Gasteiger partial charge in [-0.3, -0.25) is 10.3 Å². The molecule has 1 saturated heterocycles. The number of nitrogens with zero attached hydrogens (tertiary/aromatic N) is 1. The fourth-order valence-electron chi connectivity index (χ4n) is 1.64. The summed E-state index contributed by atoms with van der Waals surface area (Å²) in [5.41, 5.74) is 0.542. The van der Waals surface area contributed by atoms with Crippen LogP contribution in [0.5, 0.6) is 0 Å². The van der Waals surface area contributed by atoms with Crippen molar-refractivity contribution in [3.63, 3.8) is 0 Å². The summed E-state index contributed by atoms with van der Waals surface area (Å²) in [4.78, 5) is 4.28. The second-order valence-corrected chi connectivity index (χ2v) is 3.60. The zero-order valence-corrected chi connectivity index (χ0v) is 7.95. The summed E-state index contributed by atoms with van der Waals surface area (Å²) in [6, 6.07) is 6.25. The summed E-state index contributed by atoms with van der Waals surface area (Å²) in [5, 5.41) is 3.36. The van der Waals surface area contributed by atoms with Crippen molar-refractivity contribution in [2.24, 2.45) is 0 Å². The Morgan fingerprint density at radius 3 is 3.00 bits per heavy atom. The first-order chi connectivity index (χ1) is 6.21. The lowest BCUT2D eigenvalue weighted by molar-refractivity contribution is -0.00127. The minimum absolute atomic E-state index is 0.395. The molecular formula is C10H14N2O. The molecule has 1 aliphatic rings. The van der Waals surface area contributed by atoms with E-state index in [0.717, 1.165) is 12.3 Å². The topological polar surface area (TPSA) is 34.1 Å². The highest BCUT2D eigenvalue weighted by molar-refractivity contribution is 5.12. The van der Waals surface area contributed by atoms with Crippen molar-refractivity contribution in [1.29, 1.82) is 0 Å². The third kappa shape index (κ3) is 1.57. The number of rotatable bonds is 1. The molecule has 1 aromatic rings. The molecule has 2 heterocycles. The molecule has 1 aliphatic heterocycles. The minimum Gasteiger partial charge on any atom is -0.353 e. The lowest BCUT2D eigenvalue weighted by atomic mass is 10.1. The number of nitrogens with one attached hydrogen (secondary N) is 1. The van der Waals surface area contributed by atoms with Gasteiger partial charge in [0, 0.05) is 12.2 Å². The van der Waals surface area contributed by atoms with Gasteiger partial charge < -0.3 is 4.74 Å². The molecule has 0 aromatic carbocycles. The Balaban J connectivity index is 2.26. The van der Waals surface area contributed by atoms with E-state index < -0.39 is 5.72 Å². The van der Waals surface area contributed by atoms with Crippen LogP contribution in [0.2, 0.25) is 0 Å². The van der Waals surface area contributed by atoms with Crippen LogP contribution in [0.15, 0.2) is 24.4 Å². The van der Waals surface area contributed by atoms with E-state index in [1.54, 1.807) is 6.20 Å². The van der Waals surface area contributed by atoms with Crippen LogP contribution < -0.4 is 5.32 Å². The molecule has 0 amide bonds. The lowest BCUT2D eigenvalue weighted by Gasteiger charge is -2.23. The van der Waals surface area contributed by atoms with E-state index >= 15 is 0 Å². The van der Waals surface area contributed by atoms with Gasteiger partial charge in [0.1, 0.15) is 0 Å². The average molecular weight is 178 g/mol. The summed E-state index contributed by atoms with van der Waals surface area (Å²) >= 11 is 0. The zero-order chi connectivity index (χ0) is 9.31. The molecule has 13 heavy (non-hydrogen) atoms. The molecule has 2 rings (SSSR count). The largest absolute Gasteiger partial charge is 0.353 e. The number of aromatic nitrogens is 1. The Labute approximate surface area is 78.1 Å². The molecular weight excluding hydrogens is 164 g/mol. The normalized spacial score (nSPS) is 33.5. The maximum atomic E-state index is 5.67. The molecule has 0 bridgehead atoms. The minimum atomic E-state index is -0.402. The van der Waals surface area contributed by atoms with Crippen LogP contribution in [0.3, 0.4) is 0 Å². The molecule has 2 atom stereocenters. The van der Waals surface area contributed by atoms with Crippen molar-refractivity contribution in [3.8, 4) is 0 Å². The highest BCUT2D eigenvalue weighted by atomic mass is 16.5. The highest BCUT2D eigenvalue weighted by Gasteiger charge is 2.35. The molecule has 0 spiro atoms. The van der Waals surface area contributed by atoms with Gasteiger partial charge in [0.2, 0.25) is 0 Å². The van der Waals surface area contributed by atoms with E-state index in [1.807, 2.05) is 25.1 Å². The Kier molecular flexibility index (Phi) is 2.06. The van der Waals surface area contributed by atoms with E-state index in [-0.39, 0.29) is 0 Å². The maximum Gasteiger partial charge on any atom is 0.159 e. The quantitative estimate of drug-likeness (QED) is 0.703. The Bertz CT molecular complexity index is 288. The monoisotopic (exact) mass is 178 g/mol. The van der Waals surface area contributed by atoms with Crippen molar-refractivity contribution in [2.75, 3.05) is 6.61 Å². The summed E-state index contributed by atoms with van der Waals surface area (Å²) < 4.78 is 5.67. The zero-order valence-electron chi connectivity index (χ0n) is 7.95. The second kappa shape index (κ2) is 3.09. The van der Waals surface area contributed by atoms with Gasteiger partial charge in [-0.15, -0.1) is 0 Å². The second-order valence-electron chi connectivity index (χ2n) is 3.60. The van der Waals surface area contributed by atoms with Gasteiger partial charge in [0.05, 0.1) is 12.3 Å². The molecule has 3 heteroatoms. The Morgan fingerprint density at radius 2 is 2.46 bits per heavy atom. The summed E-state index contributed by atoms with van der Waals surface area (Å²) in [5.74, 6) is 0. The molecule has 0 saturated carbocycles. The van der Waals surface area contributed by atoms with Crippen LogP contribution in [-0.2, 0) is 10.5 Å². The fourth-order valence-corrected chi connectivity index (χ4v) is 1.64. The number of ether oxygens (including phenoxy) is 1. The van der Waals surface area contributed by atoms with Gasteiger partial charge in [0.15, 0.2) is 5.72 Å². The SMILES string of the molecule is CC1COC(C)(c2ccccn2)N1. The summed E-state index contributed by atoms with van der Waals surface area (Å²) in [6.45, 7) is 4.86. The van der Waals surface area contributed by atoms with Gasteiger partial charge in [-0.25, -0.2) is 0 Å². The van der Waals surface area contributed by atoms with Gasteiger partial charge in [0.25, 0.3) is 0 Å². The maximum absolute atomic E-state index is 5.67. The van der Waals surface area contributed by atoms with Gasteiger partial charge in [-0.05, 0) is 26.0 Å². The lowest BCUT2D eigenvalue weighted by Crippen LogP contribution is -2.38. The predicted molar refractivity (Wildman–Crippen MR) is 50.1 cm³/mol. The summed E-state index contributed by atoms with van der Waals surface area (Å²) in [7, 11) is 0. The molecule has 3 nitrogen and oxygen atoms in total.